The largest absolute Gasteiger partial charge is 0.509 e. The topological polar surface area (TPSA) is 78.9 Å². The summed E-state index contributed by atoms with van der Waals surface area (Å²) in [7, 11) is 0. The number of fused-ring (bicyclic) bond motifs is 1. The van der Waals surface area contributed by atoms with Crippen LogP contribution in [-0.4, -0.2) is 40.5 Å². The molecule has 1 saturated heterocycles. The number of carbonyl (C=O) groups is 2. The number of ketones is 1. The van der Waals surface area contributed by atoms with E-state index in [9.17, 15) is 14.7 Å². The molecule has 1 fully saturated rings. The Labute approximate surface area is 157 Å². The molecule has 0 aromatic heterocycles. The molecule has 2 aliphatic heterocycles. The van der Waals surface area contributed by atoms with E-state index < -0.39 is 12.1 Å². The molecule has 2 atom stereocenters. The van der Waals surface area contributed by atoms with Gasteiger partial charge >= 0.3 is 6.09 Å². The minimum atomic E-state index is -0.703. The number of aliphatic hydroxyl groups excluding tert-OH is 1. The number of Topliss-reactive ketones (excluding diaryl/α,β-unsaturated/α-hetero) is 1. The first kappa shape index (κ1) is 17.3. The van der Waals surface area contributed by atoms with Crippen LogP contribution in [0.2, 0.25) is 0 Å². The average Bonchev–Trinajstić information content (AvgIpc) is 3.27. The highest BCUT2D eigenvalue weighted by atomic mass is 16.6. The molecule has 2 aliphatic rings. The molecule has 0 radical (unpaired) electrons. The van der Waals surface area contributed by atoms with Crippen LogP contribution in [0.5, 0.6) is 0 Å². The number of rotatable bonds is 4. The number of nitrogens with zero attached hydrogens (tertiary/aromatic N) is 1. The highest BCUT2D eigenvalue weighted by molar-refractivity contribution is 6.02. The van der Waals surface area contributed by atoms with Gasteiger partial charge in [-0.05, 0) is 12.0 Å². The molecule has 2 aromatic rings. The first-order chi connectivity index (χ1) is 13.1. The molecule has 4 rings (SSSR count). The van der Waals surface area contributed by atoms with Crippen molar-refractivity contribution in [3.63, 3.8) is 0 Å². The third kappa shape index (κ3) is 3.31. The molecule has 0 spiro atoms. The van der Waals surface area contributed by atoms with Gasteiger partial charge in [-0.2, -0.15) is 0 Å². The normalized spacial score (nSPS) is 21.3. The van der Waals surface area contributed by atoms with E-state index >= 15 is 0 Å². The number of benzene rings is 2. The van der Waals surface area contributed by atoms with Gasteiger partial charge in [0, 0.05) is 5.56 Å². The summed E-state index contributed by atoms with van der Waals surface area (Å²) < 4.78 is 5.45. The van der Waals surface area contributed by atoms with Crippen molar-refractivity contribution in [3.05, 3.63) is 83.2 Å². The van der Waals surface area contributed by atoms with Crippen molar-refractivity contribution in [3.8, 4) is 0 Å². The van der Waals surface area contributed by atoms with E-state index in [1.165, 1.54) is 4.90 Å². The van der Waals surface area contributed by atoms with E-state index in [0.29, 0.717) is 17.7 Å². The smallest absolute Gasteiger partial charge is 0.415 e. The second kappa shape index (κ2) is 7.25. The zero-order valence-electron chi connectivity index (χ0n) is 14.7. The van der Waals surface area contributed by atoms with Gasteiger partial charge in [-0.15, -0.1) is 0 Å². The van der Waals surface area contributed by atoms with Crippen LogP contribution < -0.4 is 5.32 Å². The first-order valence-corrected chi connectivity index (χ1v) is 8.89. The summed E-state index contributed by atoms with van der Waals surface area (Å²) >= 11 is 0. The molecule has 2 heterocycles. The lowest BCUT2D eigenvalue weighted by Crippen LogP contribution is -2.40. The van der Waals surface area contributed by atoms with E-state index in [-0.39, 0.29) is 30.7 Å². The van der Waals surface area contributed by atoms with E-state index in [1.807, 2.05) is 36.4 Å². The molecular weight excluding hydrogens is 344 g/mol. The van der Waals surface area contributed by atoms with Crippen LogP contribution in [0.15, 0.2) is 72.1 Å². The van der Waals surface area contributed by atoms with E-state index in [2.05, 4.69) is 5.32 Å². The van der Waals surface area contributed by atoms with Gasteiger partial charge in [-0.25, -0.2) is 4.79 Å². The lowest BCUT2D eigenvalue weighted by Gasteiger charge is -2.24. The van der Waals surface area contributed by atoms with Gasteiger partial charge < -0.3 is 15.2 Å². The Kier molecular flexibility index (Phi) is 4.64. The van der Waals surface area contributed by atoms with Crippen molar-refractivity contribution in [2.75, 3.05) is 6.54 Å². The van der Waals surface area contributed by atoms with Crippen molar-refractivity contribution >= 4 is 11.9 Å². The minimum absolute atomic E-state index is 0.0834. The summed E-state index contributed by atoms with van der Waals surface area (Å²) in [6.45, 7) is 0.392. The maximum atomic E-state index is 13.0. The second-order valence-corrected chi connectivity index (χ2v) is 6.66. The number of nitrogens with one attached hydrogen (secondary N) is 1. The Bertz CT molecular complexity index is 880. The number of hydrogen-bond acceptors (Lipinski definition) is 5. The fraction of sp³-hybridized carbons (Fsp3) is 0.238. The molecule has 138 valence electrons. The molecule has 0 aliphatic carbocycles. The van der Waals surface area contributed by atoms with Crippen LogP contribution in [0.25, 0.3) is 0 Å². The van der Waals surface area contributed by atoms with Crippen molar-refractivity contribution in [1.82, 2.24) is 10.2 Å². The maximum Gasteiger partial charge on any atom is 0.415 e. The standard InChI is InChI=1S/C21H20N2O4/c24-18-12-22-16-11-17(20(25)15-9-5-2-6-10-15)23(19(16)18)21(26)27-13-14-7-3-1-4-8-14/h1-10,16-17,22,24H,11-13H2/t16-,17?/m1/s1. The number of likely N-dealkylation sites (tertiary alicyclic amines) is 1. The Morgan fingerprint density at radius 1 is 1.07 bits per heavy atom. The number of amides is 1. The first-order valence-electron chi connectivity index (χ1n) is 8.89. The molecule has 2 N–H and O–H groups in total. The van der Waals surface area contributed by atoms with Gasteiger partial charge in [0.1, 0.15) is 18.4 Å². The summed E-state index contributed by atoms with van der Waals surface area (Å²) in [6, 6.07) is 17.3. The Morgan fingerprint density at radius 2 is 1.74 bits per heavy atom. The molecule has 27 heavy (non-hydrogen) atoms. The van der Waals surface area contributed by atoms with E-state index in [1.54, 1.807) is 24.3 Å². The zero-order valence-corrected chi connectivity index (χ0v) is 14.7. The monoisotopic (exact) mass is 364 g/mol. The van der Waals surface area contributed by atoms with Crippen LogP contribution >= 0.6 is 0 Å². The van der Waals surface area contributed by atoms with Crippen LogP contribution in [0, 0.1) is 0 Å². The fourth-order valence-corrected chi connectivity index (χ4v) is 3.64. The second-order valence-electron chi connectivity index (χ2n) is 6.66. The SMILES string of the molecule is O=C(c1ccccc1)C1C[C@H]2NCC(O)=C2N1C(=O)OCc1ccccc1. The summed E-state index contributed by atoms with van der Waals surface area (Å²) in [5.41, 5.74) is 1.83. The van der Waals surface area contributed by atoms with Gasteiger partial charge in [0.15, 0.2) is 5.78 Å². The predicted molar refractivity (Wildman–Crippen MR) is 99.1 cm³/mol. The van der Waals surface area contributed by atoms with Gasteiger partial charge in [0.2, 0.25) is 0 Å². The predicted octanol–water partition coefficient (Wildman–Crippen LogP) is 3.02. The molecule has 6 nitrogen and oxygen atoms in total. The lowest BCUT2D eigenvalue weighted by atomic mass is 10.0. The average molecular weight is 364 g/mol. The Morgan fingerprint density at radius 3 is 2.44 bits per heavy atom. The zero-order chi connectivity index (χ0) is 18.8. The highest BCUT2D eigenvalue weighted by Crippen LogP contribution is 2.35. The highest BCUT2D eigenvalue weighted by Gasteiger charge is 2.48. The summed E-state index contributed by atoms with van der Waals surface area (Å²) in [5.74, 6) is -0.0798. The van der Waals surface area contributed by atoms with Gasteiger partial charge in [-0.1, -0.05) is 60.7 Å². The number of hydrogen-bond donors (Lipinski definition) is 2. The van der Waals surface area contributed by atoms with Crippen LogP contribution in [-0.2, 0) is 11.3 Å². The molecular formula is C21H20N2O4. The van der Waals surface area contributed by atoms with Crippen molar-refractivity contribution < 1.29 is 19.4 Å². The fourth-order valence-electron chi connectivity index (χ4n) is 3.64. The molecule has 1 amide bonds. The summed E-state index contributed by atoms with van der Waals surface area (Å²) in [4.78, 5) is 27.1. The van der Waals surface area contributed by atoms with Gasteiger partial charge in [0.05, 0.1) is 18.3 Å². The molecule has 2 aromatic carbocycles. The quantitative estimate of drug-likeness (QED) is 0.816. The summed E-state index contributed by atoms with van der Waals surface area (Å²) in [6.07, 6.45) is -0.214. The number of aliphatic hydroxyl groups is 1. The van der Waals surface area contributed by atoms with E-state index in [4.69, 9.17) is 4.74 Å². The molecule has 1 unspecified atom stereocenters. The molecule has 0 saturated carbocycles. The molecule has 6 heteroatoms. The van der Waals surface area contributed by atoms with Crippen LogP contribution in [0.4, 0.5) is 4.79 Å². The Balaban J connectivity index is 1.58. The Hall–Kier alpha value is -3.12. The third-order valence-electron chi connectivity index (χ3n) is 4.93. The van der Waals surface area contributed by atoms with Crippen molar-refractivity contribution in [1.29, 1.82) is 0 Å². The van der Waals surface area contributed by atoms with Gasteiger partial charge in [0.25, 0.3) is 0 Å². The number of carbonyl (C=O) groups excluding carboxylic acids is 2. The maximum absolute atomic E-state index is 13.0. The lowest BCUT2D eigenvalue weighted by molar-refractivity contribution is 0.0773. The van der Waals surface area contributed by atoms with Crippen LogP contribution in [0.3, 0.4) is 0 Å². The number of ether oxygens (including phenoxy) is 1. The van der Waals surface area contributed by atoms with Crippen molar-refractivity contribution in [2.24, 2.45) is 0 Å². The van der Waals surface area contributed by atoms with Crippen LogP contribution in [0.1, 0.15) is 22.3 Å². The minimum Gasteiger partial charge on any atom is -0.509 e. The summed E-state index contributed by atoms with van der Waals surface area (Å²) in [5, 5.41) is 13.4. The third-order valence-corrected chi connectivity index (χ3v) is 4.93. The molecule has 0 bridgehead atoms. The van der Waals surface area contributed by atoms with E-state index in [0.717, 1.165) is 5.56 Å². The van der Waals surface area contributed by atoms with Gasteiger partial charge in [-0.3, -0.25) is 9.69 Å². The van der Waals surface area contributed by atoms with Crippen molar-refractivity contribution in [2.45, 2.75) is 25.1 Å².